The molecule has 16 heavy (non-hydrogen) atoms. The molecule has 1 heteroatoms. The van der Waals surface area contributed by atoms with Crippen LogP contribution in [0.5, 0.6) is 0 Å². The highest BCUT2D eigenvalue weighted by Crippen LogP contribution is 2.44. The summed E-state index contributed by atoms with van der Waals surface area (Å²) in [5.41, 5.74) is 2.43. The van der Waals surface area contributed by atoms with E-state index >= 15 is 0 Å². The van der Waals surface area contributed by atoms with Crippen molar-refractivity contribution in [3.05, 3.63) is 23.3 Å². The van der Waals surface area contributed by atoms with Gasteiger partial charge in [0, 0.05) is 11.5 Å². The van der Waals surface area contributed by atoms with Crippen LogP contribution >= 0.6 is 0 Å². The molecule has 0 saturated carbocycles. The number of hydrogen-bond acceptors (Lipinski definition) is 1. The van der Waals surface area contributed by atoms with E-state index in [1.165, 1.54) is 5.57 Å². The summed E-state index contributed by atoms with van der Waals surface area (Å²) in [5.74, 6) is 2.65. The van der Waals surface area contributed by atoms with E-state index in [0.29, 0.717) is 29.5 Å². The number of ketones is 1. The third kappa shape index (κ3) is 1.49. The highest BCUT2D eigenvalue weighted by Gasteiger charge is 2.39. The molecule has 0 aliphatic heterocycles. The van der Waals surface area contributed by atoms with E-state index in [1.807, 2.05) is 0 Å². The highest BCUT2D eigenvalue weighted by molar-refractivity contribution is 6.01. The SMILES string of the molecule is CC1C=CC2=C(C1C)C(C)C(C)C(C)C2=O. The van der Waals surface area contributed by atoms with E-state index in [0.717, 1.165) is 5.57 Å². The molecular formula is C15H22O. The Morgan fingerprint density at radius 1 is 0.938 bits per heavy atom. The molecule has 0 fully saturated rings. The van der Waals surface area contributed by atoms with Gasteiger partial charge >= 0.3 is 0 Å². The molecule has 0 saturated heterocycles. The number of allylic oxidation sites excluding steroid dienone is 4. The van der Waals surface area contributed by atoms with Gasteiger partial charge in [0.2, 0.25) is 0 Å². The molecule has 0 N–H and O–H groups in total. The minimum Gasteiger partial charge on any atom is -0.294 e. The van der Waals surface area contributed by atoms with Crippen LogP contribution in [0.15, 0.2) is 23.3 Å². The third-order valence-corrected chi connectivity index (χ3v) is 4.90. The average molecular weight is 218 g/mol. The molecule has 2 rings (SSSR count). The largest absolute Gasteiger partial charge is 0.294 e. The molecule has 1 nitrogen and oxygen atoms in total. The van der Waals surface area contributed by atoms with Gasteiger partial charge in [-0.1, -0.05) is 52.3 Å². The van der Waals surface area contributed by atoms with Crippen LogP contribution in [0.25, 0.3) is 0 Å². The summed E-state index contributed by atoms with van der Waals surface area (Å²) >= 11 is 0. The minimum atomic E-state index is 0.180. The Kier molecular flexibility index (Phi) is 2.81. The molecule has 0 aromatic carbocycles. The van der Waals surface area contributed by atoms with Crippen LogP contribution in [0.1, 0.15) is 34.6 Å². The maximum absolute atomic E-state index is 12.3. The van der Waals surface area contributed by atoms with Gasteiger partial charge < -0.3 is 0 Å². The Balaban J connectivity index is 2.51. The van der Waals surface area contributed by atoms with Crippen LogP contribution in [0.4, 0.5) is 0 Å². The van der Waals surface area contributed by atoms with Crippen molar-refractivity contribution < 1.29 is 4.79 Å². The Morgan fingerprint density at radius 2 is 1.56 bits per heavy atom. The molecule has 0 aromatic rings. The fourth-order valence-corrected chi connectivity index (χ4v) is 3.12. The molecular weight excluding hydrogens is 196 g/mol. The first-order valence-electron chi connectivity index (χ1n) is 6.41. The molecule has 5 unspecified atom stereocenters. The summed E-state index contributed by atoms with van der Waals surface area (Å²) in [7, 11) is 0. The number of hydrogen-bond donors (Lipinski definition) is 0. The van der Waals surface area contributed by atoms with E-state index in [4.69, 9.17) is 0 Å². The van der Waals surface area contributed by atoms with Gasteiger partial charge in [-0.2, -0.15) is 0 Å². The van der Waals surface area contributed by atoms with Crippen molar-refractivity contribution in [2.24, 2.45) is 29.6 Å². The van der Waals surface area contributed by atoms with E-state index in [2.05, 4.69) is 46.8 Å². The quantitative estimate of drug-likeness (QED) is 0.607. The summed E-state index contributed by atoms with van der Waals surface area (Å²) in [6, 6.07) is 0. The molecule has 0 amide bonds. The topological polar surface area (TPSA) is 17.1 Å². The smallest absolute Gasteiger partial charge is 0.165 e. The van der Waals surface area contributed by atoms with Crippen LogP contribution in [-0.2, 0) is 4.79 Å². The molecule has 0 aromatic heterocycles. The van der Waals surface area contributed by atoms with E-state index in [1.54, 1.807) is 0 Å². The van der Waals surface area contributed by atoms with Gasteiger partial charge in [0.05, 0.1) is 0 Å². The fraction of sp³-hybridized carbons (Fsp3) is 0.667. The van der Waals surface area contributed by atoms with E-state index in [9.17, 15) is 4.79 Å². The minimum absolute atomic E-state index is 0.180. The molecule has 0 bridgehead atoms. The number of rotatable bonds is 0. The molecule has 0 spiro atoms. The Labute approximate surface area is 98.6 Å². The Hall–Kier alpha value is -0.850. The molecule has 5 atom stereocenters. The standard InChI is InChI=1S/C15H22O/c1-8-6-7-13-14(9(8)2)11(4)10(3)12(5)15(13)16/h6-12H,1-5H3. The number of carbonyl (C=O) groups is 1. The average Bonchev–Trinajstić information content (AvgIpc) is 2.27. The first-order valence-corrected chi connectivity index (χ1v) is 6.41. The third-order valence-electron chi connectivity index (χ3n) is 4.90. The first-order chi connectivity index (χ1) is 7.45. The number of carbonyl (C=O) groups excluding carboxylic acids is 1. The maximum atomic E-state index is 12.3. The van der Waals surface area contributed by atoms with Crippen molar-refractivity contribution in [2.45, 2.75) is 34.6 Å². The zero-order valence-electron chi connectivity index (χ0n) is 10.9. The fourth-order valence-electron chi connectivity index (χ4n) is 3.12. The van der Waals surface area contributed by atoms with Crippen LogP contribution in [0, 0.1) is 29.6 Å². The molecule has 0 heterocycles. The molecule has 88 valence electrons. The zero-order valence-corrected chi connectivity index (χ0v) is 10.9. The lowest BCUT2D eigenvalue weighted by atomic mass is 9.64. The second kappa shape index (κ2) is 3.87. The second-order valence-electron chi connectivity index (χ2n) is 5.68. The summed E-state index contributed by atoms with van der Waals surface area (Å²) in [6.07, 6.45) is 4.26. The number of Topliss-reactive ketones (excluding diaryl/α,β-unsaturated/α-hetero) is 1. The summed E-state index contributed by atoms with van der Waals surface area (Å²) in [4.78, 5) is 12.3. The van der Waals surface area contributed by atoms with Crippen molar-refractivity contribution in [1.82, 2.24) is 0 Å². The van der Waals surface area contributed by atoms with Crippen LogP contribution < -0.4 is 0 Å². The predicted octanol–water partition coefficient (Wildman–Crippen LogP) is 3.62. The van der Waals surface area contributed by atoms with E-state index < -0.39 is 0 Å². The lowest BCUT2D eigenvalue weighted by Gasteiger charge is -2.40. The van der Waals surface area contributed by atoms with Crippen LogP contribution in [0.2, 0.25) is 0 Å². The van der Waals surface area contributed by atoms with Crippen LogP contribution in [-0.4, -0.2) is 5.78 Å². The van der Waals surface area contributed by atoms with Crippen molar-refractivity contribution in [1.29, 1.82) is 0 Å². The Bertz CT molecular complexity index is 375. The van der Waals surface area contributed by atoms with Crippen molar-refractivity contribution >= 4 is 5.78 Å². The van der Waals surface area contributed by atoms with Gasteiger partial charge in [-0.3, -0.25) is 4.79 Å². The van der Waals surface area contributed by atoms with Crippen molar-refractivity contribution in [3.63, 3.8) is 0 Å². The first kappa shape index (κ1) is 11.6. The van der Waals surface area contributed by atoms with Gasteiger partial charge in [0.1, 0.15) is 0 Å². The highest BCUT2D eigenvalue weighted by atomic mass is 16.1. The summed E-state index contributed by atoms with van der Waals surface area (Å²) in [6.45, 7) is 11.1. The lowest BCUT2D eigenvalue weighted by Crippen LogP contribution is -2.36. The van der Waals surface area contributed by atoms with Crippen LogP contribution in [0.3, 0.4) is 0 Å². The molecule has 0 radical (unpaired) electrons. The van der Waals surface area contributed by atoms with Gasteiger partial charge in [0.25, 0.3) is 0 Å². The van der Waals surface area contributed by atoms with Gasteiger partial charge in [-0.25, -0.2) is 0 Å². The molecule has 2 aliphatic rings. The van der Waals surface area contributed by atoms with Gasteiger partial charge in [-0.15, -0.1) is 0 Å². The summed E-state index contributed by atoms with van der Waals surface area (Å²) in [5, 5.41) is 0. The van der Waals surface area contributed by atoms with Gasteiger partial charge in [-0.05, 0) is 23.7 Å². The zero-order chi connectivity index (χ0) is 12.0. The van der Waals surface area contributed by atoms with Crippen molar-refractivity contribution in [3.8, 4) is 0 Å². The van der Waals surface area contributed by atoms with Gasteiger partial charge in [0.15, 0.2) is 5.78 Å². The predicted molar refractivity (Wildman–Crippen MR) is 67.0 cm³/mol. The van der Waals surface area contributed by atoms with E-state index in [-0.39, 0.29) is 5.92 Å². The summed E-state index contributed by atoms with van der Waals surface area (Å²) < 4.78 is 0. The normalized spacial score (nSPS) is 43.6. The lowest BCUT2D eigenvalue weighted by molar-refractivity contribution is -0.121. The monoisotopic (exact) mass is 218 g/mol. The molecule has 2 aliphatic carbocycles. The Morgan fingerprint density at radius 3 is 2.19 bits per heavy atom. The maximum Gasteiger partial charge on any atom is 0.165 e. The second-order valence-corrected chi connectivity index (χ2v) is 5.68. The van der Waals surface area contributed by atoms with Crippen molar-refractivity contribution in [2.75, 3.05) is 0 Å².